The van der Waals surface area contributed by atoms with E-state index >= 15 is 0 Å². The lowest BCUT2D eigenvalue weighted by atomic mass is 9.72. The highest BCUT2D eigenvalue weighted by Crippen LogP contribution is 2.43. The van der Waals surface area contributed by atoms with Crippen LogP contribution in [0.3, 0.4) is 0 Å². The van der Waals surface area contributed by atoms with Crippen molar-refractivity contribution in [3.05, 3.63) is 30.1 Å². The first-order chi connectivity index (χ1) is 10.2. The van der Waals surface area contributed by atoms with Gasteiger partial charge in [-0.2, -0.15) is 0 Å². The Morgan fingerprint density at radius 2 is 2.05 bits per heavy atom. The third kappa shape index (κ3) is 3.02. The first-order valence-electron chi connectivity index (χ1n) is 7.30. The van der Waals surface area contributed by atoms with E-state index < -0.39 is 11.6 Å². The lowest BCUT2D eigenvalue weighted by Crippen LogP contribution is -2.58. The van der Waals surface area contributed by atoms with Crippen LogP contribution in [0.25, 0.3) is 0 Å². The molecule has 122 valence electrons. The van der Waals surface area contributed by atoms with Gasteiger partial charge >= 0.3 is 6.09 Å². The van der Waals surface area contributed by atoms with E-state index in [0.29, 0.717) is 18.7 Å². The second-order valence-electron chi connectivity index (χ2n) is 6.88. The molecular weight excluding hydrogens is 287 g/mol. The number of rotatable bonds is 3. The molecule has 0 saturated carbocycles. The van der Waals surface area contributed by atoms with Crippen LogP contribution in [0.15, 0.2) is 24.3 Å². The van der Waals surface area contributed by atoms with Crippen molar-refractivity contribution in [1.29, 1.82) is 0 Å². The quantitative estimate of drug-likeness (QED) is 0.900. The minimum atomic E-state index is -0.995. The second kappa shape index (κ2) is 5.76. The zero-order chi connectivity index (χ0) is 16.5. The Hall–Kier alpha value is -1.82. The summed E-state index contributed by atoms with van der Waals surface area (Å²) in [5.41, 5.74) is 4.95. The fourth-order valence-corrected chi connectivity index (χ4v) is 3.08. The number of nitrogens with zero attached hydrogens (tertiary/aromatic N) is 1. The predicted octanol–water partition coefficient (Wildman–Crippen LogP) is 2.70. The summed E-state index contributed by atoms with van der Waals surface area (Å²) in [5.74, 6) is 0.170. The molecule has 1 saturated heterocycles. The number of ether oxygens (including phenoxy) is 1. The Bertz CT molecular complexity index is 541. The van der Waals surface area contributed by atoms with E-state index in [1.165, 1.54) is 29.2 Å². The molecule has 0 unspecified atom stereocenters. The summed E-state index contributed by atoms with van der Waals surface area (Å²) in [4.78, 5) is 13.0. The van der Waals surface area contributed by atoms with Crippen LogP contribution in [-0.2, 0) is 0 Å². The largest absolute Gasteiger partial charge is 0.491 e. The topological polar surface area (TPSA) is 75.8 Å². The highest BCUT2D eigenvalue weighted by Gasteiger charge is 2.55. The van der Waals surface area contributed by atoms with Gasteiger partial charge in [0.15, 0.2) is 0 Å². The van der Waals surface area contributed by atoms with Gasteiger partial charge in [-0.3, -0.25) is 4.90 Å². The molecule has 1 aliphatic rings. The Labute approximate surface area is 129 Å². The number of halogens is 1. The lowest BCUT2D eigenvalue weighted by molar-refractivity contribution is -0.00377. The molecule has 1 heterocycles. The van der Waals surface area contributed by atoms with Gasteiger partial charge in [-0.25, -0.2) is 9.18 Å². The van der Waals surface area contributed by atoms with Crippen molar-refractivity contribution in [3.8, 4) is 5.75 Å². The average Bonchev–Trinajstić information content (AvgIpc) is 2.76. The minimum Gasteiger partial charge on any atom is -0.491 e. The molecule has 3 N–H and O–H groups in total. The Kier molecular flexibility index (Phi) is 4.33. The summed E-state index contributed by atoms with van der Waals surface area (Å²) >= 11 is 0. The number of likely N-dealkylation sites (tertiary alicyclic amines) is 1. The van der Waals surface area contributed by atoms with Gasteiger partial charge in [-0.05, 0) is 36.1 Å². The van der Waals surface area contributed by atoms with Gasteiger partial charge in [0.1, 0.15) is 18.2 Å². The number of hydrogen-bond acceptors (Lipinski definition) is 3. The molecule has 2 atom stereocenters. The van der Waals surface area contributed by atoms with Crippen LogP contribution in [-0.4, -0.2) is 40.8 Å². The van der Waals surface area contributed by atoms with E-state index in [-0.39, 0.29) is 23.9 Å². The van der Waals surface area contributed by atoms with Crippen LogP contribution < -0.4 is 10.5 Å². The standard InChI is InChI=1S/C16H23FN2O3/c1-15(2,3)16(8-12(18)9-19(16)14(20)21)10-22-13-6-4-11(17)5-7-13/h4-7,12H,8-10,18H2,1-3H3,(H,20,21)/t12-,16+/m1/s1. The molecule has 22 heavy (non-hydrogen) atoms. The van der Waals surface area contributed by atoms with E-state index in [4.69, 9.17) is 10.5 Å². The zero-order valence-electron chi connectivity index (χ0n) is 13.2. The Morgan fingerprint density at radius 3 is 2.55 bits per heavy atom. The maximum Gasteiger partial charge on any atom is 0.407 e. The van der Waals surface area contributed by atoms with Crippen molar-refractivity contribution in [2.24, 2.45) is 11.1 Å². The smallest absolute Gasteiger partial charge is 0.407 e. The summed E-state index contributed by atoms with van der Waals surface area (Å²) in [7, 11) is 0. The summed E-state index contributed by atoms with van der Waals surface area (Å²) in [5, 5.41) is 9.53. The average molecular weight is 310 g/mol. The van der Waals surface area contributed by atoms with Crippen LogP contribution in [0.1, 0.15) is 27.2 Å². The van der Waals surface area contributed by atoms with Gasteiger partial charge in [0, 0.05) is 12.6 Å². The third-order valence-electron chi connectivity index (χ3n) is 4.45. The van der Waals surface area contributed by atoms with E-state index in [1.54, 1.807) is 0 Å². The molecule has 1 aromatic carbocycles. The number of amides is 1. The molecular formula is C16H23FN2O3. The fraction of sp³-hybridized carbons (Fsp3) is 0.562. The second-order valence-corrected chi connectivity index (χ2v) is 6.88. The highest BCUT2D eigenvalue weighted by atomic mass is 19.1. The van der Waals surface area contributed by atoms with Crippen molar-refractivity contribution in [2.75, 3.05) is 13.2 Å². The van der Waals surface area contributed by atoms with E-state index in [1.807, 2.05) is 20.8 Å². The summed E-state index contributed by atoms with van der Waals surface area (Å²) in [6, 6.07) is 5.48. The number of hydrogen-bond donors (Lipinski definition) is 2. The molecule has 6 heteroatoms. The normalized spacial score (nSPS) is 25.3. The lowest BCUT2D eigenvalue weighted by Gasteiger charge is -2.46. The first-order valence-corrected chi connectivity index (χ1v) is 7.30. The molecule has 5 nitrogen and oxygen atoms in total. The minimum absolute atomic E-state index is 0.183. The number of benzene rings is 1. The predicted molar refractivity (Wildman–Crippen MR) is 81.4 cm³/mol. The number of carboxylic acid groups (broad SMARTS) is 1. The summed E-state index contributed by atoms with van der Waals surface area (Å²) in [6.45, 7) is 6.42. The molecule has 1 amide bonds. The number of carbonyl (C=O) groups is 1. The van der Waals surface area contributed by atoms with Crippen molar-refractivity contribution in [3.63, 3.8) is 0 Å². The van der Waals surface area contributed by atoms with Crippen molar-refractivity contribution in [2.45, 2.75) is 38.8 Å². The van der Waals surface area contributed by atoms with Gasteiger partial charge in [0.2, 0.25) is 0 Å². The van der Waals surface area contributed by atoms with Crippen molar-refractivity contribution < 1.29 is 19.0 Å². The molecule has 2 rings (SSSR count). The summed E-state index contributed by atoms with van der Waals surface area (Å²) < 4.78 is 18.7. The van der Waals surface area contributed by atoms with Gasteiger partial charge in [-0.15, -0.1) is 0 Å². The molecule has 1 aliphatic heterocycles. The molecule has 1 fully saturated rings. The van der Waals surface area contributed by atoms with Gasteiger partial charge in [-0.1, -0.05) is 20.8 Å². The van der Waals surface area contributed by atoms with Gasteiger partial charge in [0.05, 0.1) is 5.54 Å². The maximum absolute atomic E-state index is 13.0. The van der Waals surface area contributed by atoms with Crippen molar-refractivity contribution >= 4 is 6.09 Å². The van der Waals surface area contributed by atoms with Crippen LogP contribution in [0, 0.1) is 11.2 Å². The molecule has 1 aromatic rings. The molecule has 0 aromatic heterocycles. The van der Waals surface area contributed by atoms with E-state index in [0.717, 1.165) is 0 Å². The van der Waals surface area contributed by atoms with Crippen LogP contribution in [0.2, 0.25) is 0 Å². The monoisotopic (exact) mass is 310 g/mol. The van der Waals surface area contributed by atoms with Gasteiger partial charge < -0.3 is 15.6 Å². The van der Waals surface area contributed by atoms with E-state index in [2.05, 4.69) is 0 Å². The Morgan fingerprint density at radius 1 is 1.45 bits per heavy atom. The third-order valence-corrected chi connectivity index (χ3v) is 4.45. The van der Waals surface area contributed by atoms with E-state index in [9.17, 15) is 14.3 Å². The van der Waals surface area contributed by atoms with Gasteiger partial charge in [0.25, 0.3) is 0 Å². The molecule has 0 aliphatic carbocycles. The Balaban J connectivity index is 2.26. The highest BCUT2D eigenvalue weighted by molar-refractivity contribution is 5.67. The first kappa shape index (κ1) is 16.5. The van der Waals surface area contributed by atoms with Crippen molar-refractivity contribution in [1.82, 2.24) is 4.90 Å². The number of nitrogens with two attached hydrogens (primary N) is 1. The SMILES string of the molecule is CC(C)(C)[C@@]1(COc2ccc(F)cc2)C[C@@H](N)CN1C(=O)O. The molecule has 0 spiro atoms. The summed E-state index contributed by atoms with van der Waals surface area (Å²) in [6.07, 6.45) is -0.463. The molecule has 0 bridgehead atoms. The van der Waals surface area contributed by atoms with Crippen LogP contribution >= 0.6 is 0 Å². The maximum atomic E-state index is 13.0. The van der Waals surface area contributed by atoms with Crippen LogP contribution in [0.4, 0.5) is 9.18 Å². The fourth-order valence-electron chi connectivity index (χ4n) is 3.08. The molecule has 0 radical (unpaired) electrons. The van der Waals surface area contributed by atoms with Crippen LogP contribution in [0.5, 0.6) is 5.75 Å². The zero-order valence-corrected chi connectivity index (χ0v) is 13.2.